The summed E-state index contributed by atoms with van der Waals surface area (Å²) in [6, 6.07) is 19.3. The molecule has 34 heavy (non-hydrogen) atoms. The average molecular weight is 460 g/mol. The Labute approximate surface area is 197 Å². The van der Waals surface area contributed by atoms with Crippen molar-refractivity contribution in [3.05, 3.63) is 89.2 Å². The molecule has 0 unspecified atom stereocenters. The Balaban J connectivity index is 1.16. The second-order valence-corrected chi connectivity index (χ2v) is 7.99. The Morgan fingerprint density at radius 1 is 0.912 bits per heavy atom. The van der Waals surface area contributed by atoms with Crippen LogP contribution in [0.5, 0.6) is 0 Å². The first kappa shape index (κ1) is 23.0. The first-order valence-corrected chi connectivity index (χ1v) is 11.1. The molecule has 0 atom stereocenters. The predicted molar refractivity (Wildman–Crippen MR) is 125 cm³/mol. The second kappa shape index (κ2) is 10.6. The number of carbonyl (C=O) groups excluding carboxylic acids is 2. The summed E-state index contributed by atoms with van der Waals surface area (Å²) in [5, 5.41) is 14.3. The number of hydrogen-bond acceptors (Lipinski definition) is 5. The maximum Gasteiger partial charge on any atom is 0.407 e. The van der Waals surface area contributed by atoms with Crippen LogP contribution in [-0.4, -0.2) is 41.2 Å². The second-order valence-electron chi connectivity index (χ2n) is 7.99. The van der Waals surface area contributed by atoms with E-state index in [4.69, 9.17) is 9.84 Å². The number of alkyl carbamates (subject to hydrolysis) is 1. The number of fused-ring (bicyclic) bond motifs is 3. The van der Waals surface area contributed by atoms with Crippen molar-refractivity contribution in [3.63, 3.8) is 0 Å². The van der Waals surface area contributed by atoms with Gasteiger partial charge in [-0.3, -0.25) is 4.79 Å². The fraction of sp³-hybridized carbons (Fsp3) is 0.231. The molecule has 0 aliphatic heterocycles. The maximum atomic E-state index is 12.2. The normalized spacial score (nSPS) is 11.9. The van der Waals surface area contributed by atoms with Crippen molar-refractivity contribution >= 4 is 18.0 Å². The molecule has 1 aliphatic carbocycles. The summed E-state index contributed by atoms with van der Waals surface area (Å²) in [6.45, 7) is 0.819. The summed E-state index contributed by atoms with van der Waals surface area (Å²) in [5.74, 6) is -1.26. The minimum Gasteiger partial charge on any atom is -0.477 e. The Morgan fingerprint density at radius 3 is 2.21 bits per heavy atom. The van der Waals surface area contributed by atoms with Crippen LogP contribution in [0.15, 0.2) is 66.9 Å². The zero-order chi connectivity index (χ0) is 23.9. The molecule has 0 saturated heterocycles. The molecule has 0 radical (unpaired) electrons. The van der Waals surface area contributed by atoms with Gasteiger partial charge in [0.1, 0.15) is 12.3 Å². The van der Waals surface area contributed by atoms with Gasteiger partial charge in [-0.15, -0.1) is 0 Å². The van der Waals surface area contributed by atoms with Crippen LogP contribution in [0.25, 0.3) is 11.1 Å². The summed E-state index contributed by atoms with van der Waals surface area (Å²) >= 11 is 0. The van der Waals surface area contributed by atoms with E-state index in [1.54, 1.807) is 6.07 Å². The summed E-state index contributed by atoms with van der Waals surface area (Å²) < 4.78 is 5.48. The zero-order valence-corrected chi connectivity index (χ0v) is 18.5. The van der Waals surface area contributed by atoms with Gasteiger partial charge >= 0.3 is 12.1 Å². The average Bonchev–Trinajstić information content (AvgIpc) is 3.18. The zero-order valence-electron chi connectivity index (χ0n) is 18.5. The molecule has 8 heteroatoms. The molecule has 4 rings (SSSR count). The lowest BCUT2D eigenvalue weighted by Gasteiger charge is -2.14. The standard InChI is InChI=1S/C26H25N3O5/c30-24(29-15-17-11-12-23(25(31)32)28-14-17)10-5-13-27-26(33)34-16-22-20-8-3-1-6-18(20)19-7-2-4-9-21(19)22/h1-4,6-9,11-12,14,22H,5,10,13,15-16H2,(H,27,33)(H,29,30)(H,31,32). The lowest BCUT2D eigenvalue weighted by molar-refractivity contribution is -0.121. The lowest BCUT2D eigenvalue weighted by Crippen LogP contribution is -2.28. The van der Waals surface area contributed by atoms with E-state index in [1.807, 2.05) is 24.3 Å². The van der Waals surface area contributed by atoms with Gasteiger partial charge in [0.05, 0.1) is 0 Å². The van der Waals surface area contributed by atoms with Gasteiger partial charge in [0.2, 0.25) is 5.91 Å². The third-order valence-electron chi connectivity index (χ3n) is 5.73. The van der Waals surface area contributed by atoms with Gasteiger partial charge in [0.15, 0.2) is 0 Å². The number of nitrogens with zero attached hydrogens (tertiary/aromatic N) is 1. The third-order valence-corrected chi connectivity index (χ3v) is 5.73. The number of benzene rings is 2. The number of ether oxygens (including phenoxy) is 1. The van der Waals surface area contributed by atoms with E-state index in [9.17, 15) is 14.4 Å². The molecule has 1 aliphatic rings. The van der Waals surface area contributed by atoms with Crippen LogP contribution in [0, 0.1) is 0 Å². The molecule has 3 aromatic rings. The third kappa shape index (κ3) is 5.40. The number of aromatic carboxylic acids is 1. The molecule has 2 aromatic carbocycles. The molecule has 1 heterocycles. The van der Waals surface area contributed by atoms with Gasteiger partial charge < -0.3 is 20.5 Å². The van der Waals surface area contributed by atoms with Crippen LogP contribution in [0.3, 0.4) is 0 Å². The molecular formula is C26H25N3O5. The first-order valence-electron chi connectivity index (χ1n) is 11.1. The minimum absolute atomic E-state index is 0.00276. The van der Waals surface area contributed by atoms with E-state index in [-0.39, 0.29) is 37.1 Å². The van der Waals surface area contributed by atoms with Crippen LogP contribution in [0.2, 0.25) is 0 Å². The van der Waals surface area contributed by atoms with Crippen molar-refractivity contribution < 1.29 is 24.2 Å². The molecule has 8 nitrogen and oxygen atoms in total. The molecule has 0 fully saturated rings. The predicted octanol–water partition coefficient (Wildman–Crippen LogP) is 3.71. The van der Waals surface area contributed by atoms with Gasteiger partial charge in [-0.05, 0) is 40.3 Å². The summed E-state index contributed by atoms with van der Waals surface area (Å²) in [7, 11) is 0. The number of pyridine rings is 1. The van der Waals surface area contributed by atoms with Gasteiger partial charge in [-0.25, -0.2) is 14.6 Å². The number of aromatic nitrogens is 1. The number of amides is 2. The highest BCUT2D eigenvalue weighted by atomic mass is 16.5. The van der Waals surface area contributed by atoms with E-state index in [1.165, 1.54) is 23.4 Å². The summed E-state index contributed by atoms with van der Waals surface area (Å²) in [5.41, 5.74) is 5.31. The Hall–Kier alpha value is -4.20. The largest absolute Gasteiger partial charge is 0.477 e. The molecule has 1 aromatic heterocycles. The highest BCUT2D eigenvalue weighted by molar-refractivity contribution is 5.85. The number of hydrogen-bond donors (Lipinski definition) is 3. The maximum absolute atomic E-state index is 12.2. The van der Waals surface area contributed by atoms with E-state index in [2.05, 4.69) is 39.9 Å². The van der Waals surface area contributed by atoms with Crippen LogP contribution in [0.4, 0.5) is 4.79 Å². The van der Waals surface area contributed by atoms with Crippen molar-refractivity contribution in [1.82, 2.24) is 15.6 Å². The summed E-state index contributed by atoms with van der Waals surface area (Å²) in [6.07, 6.45) is 1.62. The van der Waals surface area contributed by atoms with Gasteiger partial charge in [-0.1, -0.05) is 54.6 Å². The highest BCUT2D eigenvalue weighted by Crippen LogP contribution is 2.44. The van der Waals surface area contributed by atoms with E-state index in [0.717, 1.165) is 11.1 Å². The molecular weight excluding hydrogens is 434 g/mol. The van der Waals surface area contributed by atoms with Crippen LogP contribution >= 0.6 is 0 Å². The fourth-order valence-electron chi connectivity index (χ4n) is 4.03. The number of nitrogens with one attached hydrogen (secondary N) is 2. The molecule has 2 amide bonds. The topological polar surface area (TPSA) is 118 Å². The minimum atomic E-state index is -1.10. The fourth-order valence-corrected chi connectivity index (χ4v) is 4.03. The van der Waals surface area contributed by atoms with Crippen LogP contribution < -0.4 is 10.6 Å². The number of carbonyl (C=O) groups is 3. The quantitative estimate of drug-likeness (QED) is 0.420. The van der Waals surface area contributed by atoms with E-state index >= 15 is 0 Å². The van der Waals surface area contributed by atoms with Crippen LogP contribution in [0.1, 0.15) is 45.9 Å². The van der Waals surface area contributed by atoms with E-state index in [0.29, 0.717) is 18.5 Å². The Morgan fingerprint density at radius 2 is 1.59 bits per heavy atom. The van der Waals surface area contributed by atoms with Crippen molar-refractivity contribution in [1.29, 1.82) is 0 Å². The molecule has 174 valence electrons. The smallest absolute Gasteiger partial charge is 0.407 e. The molecule has 0 saturated carbocycles. The van der Waals surface area contributed by atoms with Gasteiger partial charge in [0.25, 0.3) is 0 Å². The van der Waals surface area contributed by atoms with Gasteiger partial charge in [0, 0.05) is 31.6 Å². The van der Waals surface area contributed by atoms with E-state index < -0.39 is 12.1 Å². The van der Waals surface area contributed by atoms with Crippen molar-refractivity contribution in [2.75, 3.05) is 13.2 Å². The van der Waals surface area contributed by atoms with Crippen molar-refractivity contribution in [2.45, 2.75) is 25.3 Å². The number of carboxylic acids is 1. The molecule has 0 spiro atoms. The Bertz CT molecular complexity index is 1150. The Kier molecular flexibility index (Phi) is 7.17. The summed E-state index contributed by atoms with van der Waals surface area (Å²) in [4.78, 5) is 38.8. The number of rotatable bonds is 9. The molecule has 0 bridgehead atoms. The van der Waals surface area contributed by atoms with Crippen molar-refractivity contribution in [2.24, 2.45) is 0 Å². The number of carboxylic acid groups (broad SMARTS) is 1. The van der Waals surface area contributed by atoms with Crippen LogP contribution in [-0.2, 0) is 16.1 Å². The SMILES string of the molecule is O=C(CCCNC(=O)OCC1c2ccccc2-c2ccccc21)NCc1ccc(C(=O)O)nc1. The first-order chi connectivity index (χ1) is 16.5. The lowest BCUT2D eigenvalue weighted by atomic mass is 9.98. The molecule has 3 N–H and O–H groups in total. The van der Waals surface area contributed by atoms with Crippen molar-refractivity contribution in [3.8, 4) is 11.1 Å². The van der Waals surface area contributed by atoms with Gasteiger partial charge in [-0.2, -0.15) is 0 Å². The highest BCUT2D eigenvalue weighted by Gasteiger charge is 2.28. The monoisotopic (exact) mass is 459 g/mol.